The summed E-state index contributed by atoms with van der Waals surface area (Å²) >= 11 is 6.89. The molecule has 21 heavy (non-hydrogen) atoms. The lowest BCUT2D eigenvalue weighted by molar-refractivity contribution is 0.411. The van der Waals surface area contributed by atoms with Crippen molar-refractivity contribution in [2.24, 2.45) is 5.10 Å². The molecule has 1 heterocycles. The van der Waals surface area contributed by atoms with Crippen LogP contribution in [0.2, 0.25) is 0 Å². The Bertz CT molecular complexity index is 669. The van der Waals surface area contributed by atoms with Gasteiger partial charge in [0.1, 0.15) is 5.75 Å². The molecule has 0 aliphatic carbocycles. The largest absolute Gasteiger partial charge is 0.495 e. The smallest absolute Gasteiger partial charge is 0.243 e. The Hall–Kier alpha value is -1.47. The van der Waals surface area contributed by atoms with Crippen molar-refractivity contribution < 1.29 is 4.74 Å². The number of methoxy groups -OCH3 is 1. The summed E-state index contributed by atoms with van der Waals surface area (Å²) in [6, 6.07) is 5.73. The topological polar surface area (TPSA) is 59.4 Å². The molecule has 1 aromatic heterocycles. The first-order valence-corrected chi connectivity index (χ1v) is 7.72. The van der Waals surface area contributed by atoms with Gasteiger partial charge in [0.05, 0.1) is 17.8 Å². The second kappa shape index (κ2) is 7.00. The fourth-order valence-corrected chi connectivity index (χ4v) is 3.25. The van der Waals surface area contributed by atoms with E-state index in [4.69, 9.17) is 4.74 Å². The number of hydrogen-bond acceptors (Lipinski definition) is 5. The minimum atomic E-state index is 0.469. The van der Waals surface area contributed by atoms with Gasteiger partial charge in [-0.1, -0.05) is 15.9 Å². The highest BCUT2D eigenvalue weighted by atomic mass is 79.9. The standard InChI is InChI=1S/C14H14Br2N4O/c1-8-4-9(2)19-14(18-8)20-17-7-10-5-11(15)6-12(16)13(10)21-3/h4-7H,1-3H3,(H,18,19,20)/b17-7-. The number of ether oxygens (including phenoxy) is 1. The van der Waals surface area contributed by atoms with E-state index in [1.165, 1.54) is 0 Å². The summed E-state index contributed by atoms with van der Waals surface area (Å²) in [6.07, 6.45) is 1.66. The Morgan fingerprint density at radius 2 is 1.81 bits per heavy atom. The van der Waals surface area contributed by atoms with Crippen LogP contribution in [0.1, 0.15) is 17.0 Å². The second-order valence-electron chi connectivity index (χ2n) is 4.35. The van der Waals surface area contributed by atoms with Gasteiger partial charge in [0, 0.05) is 21.4 Å². The zero-order valence-electron chi connectivity index (χ0n) is 11.8. The Morgan fingerprint density at radius 1 is 1.14 bits per heavy atom. The van der Waals surface area contributed by atoms with E-state index in [0.717, 1.165) is 25.9 Å². The third-order valence-electron chi connectivity index (χ3n) is 2.59. The lowest BCUT2D eigenvalue weighted by Crippen LogP contribution is -2.00. The van der Waals surface area contributed by atoms with E-state index in [1.807, 2.05) is 32.0 Å². The monoisotopic (exact) mass is 412 g/mol. The van der Waals surface area contributed by atoms with Crippen LogP contribution < -0.4 is 10.2 Å². The zero-order chi connectivity index (χ0) is 15.4. The van der Waals surface area contributed by atoms with E-state index in [-0.39, 0.29) is 0 Å². The molecule has 0 atom stereocenters. The Morgan fingerprint density at radius 3 is 2.43 bits per heavy atom. The third kappa shape index (κ3) is 4.25. The maximum atomic E-state index is 5.35. The van der Waals surface area contributed by atoms with Gasteiger partial charge in [-0.25, -0.2) is 15.4 Å². The van der Waals surface area contributed by atoms with Crippen LogP contribution in [0.3, 0.4) is 0 Å². The van der Waals surface area contributed by atoms with Gasteiger partial charge in [0.25, 0.3) is 0 Å². The fraction of sp³-hybridized carbons (Fsp3) is 0.214. The molecule has 110 valence electrons. The number of anilines is 1. The molecular formula is C14H14Br2N4O. The second-order valence-corrected chi connectivity index (χ2v) is 6.12. The van der Waals surface area contributed by atoms with Gasteiger partial charge in [-0.3, -0.25) is 0 Å². The van der Waals surface area contributed by atoms with Crippen LogP contribution in [0.5, 0.6) is 5.75 Å². The maximum Gasteiger partial charge on any atom is 0.243 e. The number of hydrogen-bond donors (Lipinski definition) is 1. The van der Waals surface area contributed by atoms with Crippen LogP contribution in [0.15, 0.2) is 32.2 Å². The molecule has 2 aromatic rings. The molecule has 0 radical (unpaired) electrons. The molecule has 0 saturated carbocycles. The average molecular weight is 414 g/mol. The Labute approximate surface area is 140 Å². The first-order chi connectivity index (χ1) is 9.99. The van der Waals surface area contributed by atoms with Crippen molar-refractivity contribution in [2.75, 3.05) is 12.5 Å². The van der Waals surface area contributed by atoms with Crippen molar-refractivity contribution in [3.63, 3.8) is 0 Å². The minimum absolute atomic E-state index is 0.469. The molecule has 0 amide bonds. The first-order valence-electron chi connectivity index (χ1n) is 6.14. The van der Waals surface area contributed by atoms with Crippen LogP contribution in [-0.4, -0.2) is 23.3 Å². The number of halogens is 2. The molecule has 0 aliphatic heterocycles. The van der Waals surface area contributed by atoms with E-state index in [9.17, 15) is 0 Å². The molecular weight excluding hydrogens is 400 g/mol. The van der Waals surface area contributed by atoms with Crippen molar-refractivity contribution in [2.45, 2.75) is 13.8 Å². The molecule has 0 fully saturated rings. The molecule has 5 nitrogen and oxygen atoms in total. The molecule has 2 rings (SSSR count). The summed E-state index contributed by atoms with van der Waals surface area (Å²) in [7, 11) is 1.62. The summed E-state index contributed by atoms with van der Waals surface area (Å²) in [5.41, 5.74) is 5.44. The van der Waals surface area contributed by atoms with E-state index in [0.29, 0.717) is 11.7 Å². The van der Waals surface area contributed by atoms with Gasteiger partial charge >= 0.3 is 0 Å². The van der Waals surface area contributed by atoms with Crippen molar-refractivity contribution in [3.8, 4) is 5.75 Å². The minimum Gasteiger partial charge on any atom is -0.495 e. The fourth-order valence-electron chi connectivity index (χ4n) is 1.83. The van der Waals surface area contributed by atoms with E-state index in [2.05, 4.69) is 52.4 Å². The number of nitrogens with one attached hydrogen (secondary N) is 1. The summed E-state index contributed by atoms with van der Waals surface area (Å²) in [5.74, 6) is 1.18. The number of nitrogens with zero attached hydrogens (tertiary/aromatic N) is 3. The van der Waals surface area contributed by atoms with E-state index in [1.54, 1.807) is 13.3 Å². The van der Waals surface area contributed by atoms with Gasteiger partial charge in [-0.05, 0) is 48.0 Å². The molecule has 0 saturated heterocycles. The predicted octanol–water partition coefficient (Wildman–Crippen LogP) is 4.07. The summed E-state index contributed by atoms with van der Waals surface area (Å²) in [4.78, 5) is 8.51. The van der Waals surface area contributed by atoms with Gasteiger partial charge in [0.2, 0.25) is 5.95 Å². The molecule has 7 heteroatoms. The van der Waals surface area contributed by atoms with Crippen LogP contribution in [0.4, 0.5) is 5.95 Å². The number of aromatic nitrogens is 2. The Kier molecular flexibility index (Phi) is 5.30. The van der Waals surface area contributed by atoms with Crippen molar-refractivity contribution >= 4 is 44.0 Å². The lowest BCUT2D eigenvalue weighted by Gasteiger charge is -2.08. The van der Waals surface area contributed by atoms with Gasteiger partial charge in [0.15, 0.2) is 0 Å². The normalized spacial score (nSPS) is 10.9. The van der Waals surface area contributed by atoms with Crippen LogP contribution in [0, 0.1) is 13.8 Å². The predicted molar refractivity (Wildman–Crippen MR) is 91.1 cm³/mol. The van der Waals surface area contributed by atoms with Crippen LogP contribution >= 0.6 is 31.9 Å². The average Bonchev–Trinajstić information content (AvgIpc) is 2.37. The molecule has 0 unspecified atom stereocenters. The van der Waals surface area contributed by atoms with Crippen LogP contribution in [-0.2, 0) is 0 Å². The highest BCUT2D eigenvalue weighted by Crippen LogP contribution is 2.31. The van der Waals surface area contributed by atoms with E-state index < -0.39 is 0 Å². The zero-order valence-corrected chi connectivity index (χ0v) is 15.0. The quantitative estimate of drug-likeness (QED) is 0.606. The molecule has 0 bridgehead atoms. The Balaban J connectivity index is 2.21. The number of aryl methyl sites for hydroxylation is 2. The van der Waals surface area contributed by atoms with Crippen molar-refractivity contribution in [1.29, 1.82) is 0 Å². The summed E-state index contributed by atoms with van der Waals surface area (Å²) in [5, 5.41) is 4.16. The molecule has 1 aromatic carbocycles. The van der Waals surface area contributed by atoms with Gasteiger partial charge in [-0.2, -0.15) is 5.10 Å². The molecule has 0 spiro atoms. The molecule has 1 N–H and O–H groups in total. The maximum absolute atomic E-state index is 5.35. The summed E-state index contributed by atoms with van der Waals surface area (Å²) < 4.78 is 7.13. The van der Waals surface area contributed by atoms with Crippen molar-refractivity contribution in [1.82, 2.24) is 9.97 Å². The highest BCUT2D eigenvalue weighted by molar-refractivity contribution is 9.11. The molecule has 0 aliphatic rings. The number of benzene rings is 1. The third-order valence-corrected chi connectivity index (χ3v) is 3.64. The number of hydrazone groups is 1. The first kappa shape index (κ1) is 15.9. The SMILES string of the molecule is COc1c(Br)cc(Br)cc1/C=N\Nc1nc(C)cc(C)n1. The van der Waals surface area contributed by atoms with Gasteiger partial charge in [-0.15, -0.1) is 0 Å². The highest BCUT2D eigenvalue weighted by Gasteiger charge is 2.07. The van der Waals surface area contributed by atoms with Crippen LogP contribution in [0.25, 0.3) is 0 Å². The number of rotatable bonds is 4. The van der Waals surface area contributed by atoms with Gasteiger partial charge < -0.3 is 4.74 Å². The van der Waals surface area contributed by atoms with E-state index >= 15 is 0 Å². The van der Waals surface area contributed by atoms with Crippen molar-refractivity contribution in [3.05, 3.63) is 44.1 Å². The summed E-state index contributed by atoms with van der Waals surface area (Å²) in [6.45, 7) is 3.83. The lowest BCUT2D eigenvalue weighted by atomic mass is 10.2.